The zero-order chi connectivity index (χ0) is 22.6. The molecule has 8 atom stereocenters. The van der Waals surface area contributed by atoms with Crippen molar-refractivity contribution in [2.45, 2.75) is 105 Å². The molecule has 31 heavy (non-hydrogen) atoms. The molecule has 0 aromatic rings. The summed E-state index contributed by atoms with van der Waals surface area (Å²) in [5.41, 5.74) is 1.12. The Bertz CT molecular complexity index is 759. The van der Waals surface area contributed by atoms with Gasteiger partial charge in [0, 0.05) is 6.42 Å². The molecule has 0 aromatic heterocycles. The summed E-state index contributed by atoms with van der Waals surface area (Å²) in [5.74, 6) is 4.05. The third kappa shape index (κ3) is 3.79. The van der Waals surface area contributed by atoms with E-state index in [0.717, 1.165) is 19.3 Å². The molecule has 0 amide bonds. The van der Waals surface area contributed by atoms with Crippen LogP contribution in [0.5, 0.6) is 0 Å². The van der Waals surface area contributed by atoms with E-state index in [1.165, 1.54) is 37.7 Å². The highest BCUT2D eigenvalue weighted by atomic mass is 16.3. The van der Waals surface area contributed by atoms with Crippen LogP contribution in [-0.2, 0) is 4.79 Å². The molecular weight excluding hydrogens is 380 g/mol. The maximum absolute atomic E-state index is 12.0. The molecule has 0 radical (unpaired) electrons. The van der Waals surface area contributed by atoms with Crippen molar-refractivity contribution in [3.05, 3.63) is 23.8 Å². The summed E-state index contributed by atoms with van der Waals surface area (Å²) in [6, 6.07) is 0. The number of ketones is 1. The van der Waals surface area contributed by atoms with Gasteiger partial charge >= 0.3 is 0 Å². The molecular formula is C29H46O2. The van der Waals surface area contributed by atoms with Crippen LogP contribution in [0.1, 0.15) is 99.3 Å². The molecule has 2 saturated carbocycles. The van der Waals surface area contributed by atoms with Gasteiger partial charge in [0.25, 0.3) is 0 Å². The summed E-state index contributed by atoms with van der Waals surface area (Å²) < 4.78 is 0. The van der Waals surface area contributed by atoms with Gasteiger partial charge < -0.3 is 5.11 Å². The molecule has 1 N–H and O–H groups in total. The van der Waals surface area contributed by atoms with Gasteiger partial charge in [0.05, 0.1) is 5.60 Å². The third-order valence-corrected chi connectivity index (χ3v) is 10.8. The van der Waals surface area contributed by atoms with Crippen molar-refractivity contribution in [1.82, 2.24) is 0 Å². The fourth-order valence-corrected chi connectivity index (χ4v) is 8.68. The van der Waals surface area contributed by atoms with E-state index in [1.54, 1.807) is 0 Å². The van der Waals surface area contributed by atoms with E-state index >= 15 is 0 Å². The second-order valence-electron chi connectivity index (χ2n) is 12.6. The smallest absolute Gasteiger partial charge is 0.156 e. The van der Waals surface area contributed by atoms with Gasteiger partial charge in [-0.15, -0.1) is 0 Å². The minimum atomic E-state index is -0.566. The Morgan fingerprint density at radius 2 is 1.90 bits per heavy atom. The topological polar surface area (TPSA) is 37.3 Å². The normalized spacial score (nSPS) is 42.5. The number of carbonyl (C=O) groups is 1. The van der Waals surface area contributed by atoms with Crippen LogP contribution < -0.4 is 0 Å². The number of hydrogen-bond acceptors (Lipinski definition) is 2. The van der Waals surface area contributed by atoms with Gasteiger partial charge in [-0.3, -0.25) is 4.79 Å². The van der Waals surface area contributed by atoms with Crippen molar-refractivity contribution in [3.8, 4) is 0 Å². The van der Waals surface area contributed by atoms with Crippen molar-refractivity contribution in [2.24, 2.45) is 46.3 Å². The number of hydrogen-bond donors (Lipinski definition) is 1. The van der Waals surface area contributed by atoms with Gasteiger partial charge in [-0.1, -0.05) is 53.2 Å². The first kappa shape index (κ1) is 23.3. The van der Waals surface area contributed by atoms with E-state index in [9.17, 15) is 9.90 Å². The van der Waals surface area contributed by atoms with Gasteiger partial charge in [-0.2, -0.15) is 0 Å². The van der Waals surface area contributed by atoms with Crippen molar-refractivity contribution < 1.29 is 9.90 Å². The Labute approximate surface area is 191 Å². The Morgan fingerprint density at radius 3 is 2.58 bits per heavy atom. The standard InChI is InChI=1S/C29H46O2/c1-7-20(19(2)3)12-17-29(6,31)26-11-10-24-23-9-8-21-18-22(30)13-15-27(21,4)25(23)14-16-28(24,26)5/h8-9,18-20,23-26,31H,7,10-17H2,1-6H3/t20-,23+,24+,25+,26+,27+,28+,29+/m1/s1. The van der Waals surface area contributed by atoms with Crippen LogP contribution in [0.15, 0.2) is 23.8 Å². The van der Waals surface area contributed by atoms with Crippen LogP contribution in [0.3, 0.4) is 0 Å². The summed E-state index contributed by atoms with van der Waals surface area (Å²) in [6.07, 6.45) is 16.6. The Hall–Kier alpha value is -0.890. The first-order valence-corrected chi connectivity index (χ1v) is 13.2. The van der Waals surface area contributed by atoms with E-state index < -0.39 is 5.60 Å². The maximum Gasteiger partial charge on any atom is 0.156 e. The summed E-state index contributed by atoms with van der Waals surface area (Å²) in [4.78, 5) is 12.0. The third-order valence-electron chi connectivity index (χ3n) is 10.8. The fraction of sp³-hybridized carbons (Fsp3) is 0.828. The highest BCUT2D eigenvalue weighted by Crippen LogP contribution is 2.66. The number of fused-ring (bicyclic) bond motifs is 5. The van der Waals surface area contributed by atoms with Gasteiger partial charge in [0.2, 0.25) is 0 Å². The summed E-state index contributed by atoms with van der Waals surface area (Å²) in [6.45, 7) is 14.0. The lowest BCUT2D eigenvalue weighted by Gasteiger charge is -2.57. The van der Waals surface area contributed by atoms with Crippen molar-refractivity contribution >= 4 is 5.78 Å². The molecule has 0 aromatic carbocycles. The average Bonchev–Trinajstić information content (AvgIpc) is 3.07. The summed E-state index contributed by atoms with van der Waals surface area (Å²) >= 11 is 0. The molecule has 0 unspecified atom stereocenters. The molecule has 4 aliphatic rings. The number of rotatable bonds is 6. The number of allylic oxidation sites excluding steroid dienone is 4. The SMILES string of the molecule is CC[C@H](CC[C@](C)(O)[C@H]1CC[C@H]2[C@@H]3C=CC4=CC(=O)CC[C@]4(C)[C@H]3CC[C@@]21C)C(C)C. The van der Waals surface area contributed by atoms with Crippen LogP contribution in [0.4, 0.5) is 0 Å². The first-order valence-electron chi connectivity index (χ1n) is 13.2. The Balaban J connectivity index is 1.55. The van der Waals surface area contributed by atoms with Crippen LogP contribution in [-0.4, -0.2) is 16.5 Å². The lowest BCUT2D eigenvalue weighted by molar-refractivity contribution is -0.117. The van der Waals surface area contributed by atoms with Crippen LogP contribution in [0.25, 0.3) is 0 Å². The van der Waals surface area contributed by atoms with Crippen molar-refractivity contribution in [3.63, 3.8) is 0 Å². The average molecular weight is 427 g/mol. The monoisotopic (exact) mass is 426 g/mol. The fourth-order valence-electron chi connectivity index (χ4n) is 8.68. The van der Waals surface area contributed by atoms with Gasteiger partial charge in [0.15, 0.2) is 5.78 Å². The largest absolute Gasteiger partial charge is 0.390 e. The molecule has 174 valence electrons. The highest BCUT2D eigenvalue weighted by molar-refractivity contribution is 5.92. The van der Waals surface area contributed by atoms with Crippen LogP contribution >= 0.6 is 0 Å². The Morgan fingerprint density at radius 1 is 1.16 bits per heavy atom. The predicted molar refractivity (Wildman–Crippen MR) is 129 cm³/mol. The molecule has 0 heterocycles. The molecule has 2 heteroatoms. The van der Waals surface area contributed by atoms with Gasteiger partial charge in [0.1, 0.15) is 0 Å². The van der Waals surface area contributed by atoms with Crippen LogP contribution in [0.2, 0.25) is 0 Å². The second-order valence-corrected chi connectivity index (χ2v) is 12.6. The summed E-state index contributed by atoms with van der Waals surface area (Å²) in [5, 5.41) is 11.7. The summed E-state index contributed by atoms with van der Waals surface area (Å²) in [7, 11) is 0. The second kappa shape index (κ2) is 8.15. The zero-order valence-corrected chi connectivity index (χ0v) is 20.9. The molecule has 0 spiro atoms. The molecule has 0 bridgehead atoms. The lowest BCUT2D eigenvalue weighted by atomic mass is 9.48. The molecule has 2 fully saturated rings. The van der Waals surface area contributed by atoms with E-state index in [0.29, 0.717) is 47.7 Å². The van der Waals surface area contributed by atoms with E-state index in [2.05, 4.69) is 53.7 Å². The maximum atomic E-state index is 12.0. The lowest BCUT2D eigenvalue weighted by Crippen LogP contribution is -2.52. The molecule has 4 aliphatic carbocycles. The van der Waals surface area contributed by atoms with Crippen molar-refractivity contribution in [1.29, 1.82) is 0 Å². The molecule has 4 rings (SSSR count). The zero-order valence-electron chi connectivity index (χ0n) is 20.9. The van der Waals surface area contributed by atoms with E-state index in [4.69, 9.17) is 0 Å². The van der Waals surface area contributed by atoms with Gasteiger partial charge in [-0.05, 0) is 110 Å². The van der Waals surface area contributed by atoms with E-state index in [1.807, 2.05) is 6.08 Å². The van der Waals surface area contributed by atoms with Crippen molar-refractivity contribution in [2.75, 3.05) is 0 Å². The van der Waals surface area contributed by atoms with E-state index in [-0.39, 0.29) is 10.8 Å². The highest BCUT2D eigenvalue weighted by Gasteiger charge is 2.60. The quantitative estimate of drug-likeness (QED) is 0.491. The predicted octanol–water partition coefficient (Wildman–Crippen LogP) is 7.12. The molecule has 0 saturated heterocycles. The molecule has 2 nitrogen and oxygen atoms in total. The van der Waals surface area contributed by atoms with Gasteiger partial charge in [-0.25, -0.2) is 0 Å². The number of carbonyl (C=O) groups excluding carboxylic acids is 1. The van der Waals surface area contributed by atoms with Crippen LogP contribution in [0, 0.1) is 46.3 Å². The first-order chi connectivity index (χ1) is 14.5. The molecule has 0 aliphatic heterocycles. The minimum absolute atomic E-state index is 0.168. The number of aliphatic hydroxyl groups is 1. The Kier molecular flexibility index (Phi) is 6.12. The minimum Gasteiger partial charge on any atom is -0.390 e.